The van der Waals surface area contributed by atoms with Gasteiger partial charge in [-0.05, 0) is 31.5 Å². The third-order valence-electron chi connectivity index (χ3n) is 3.94. The molecule has 2 rings (SSSR count). The number of carbonyl (C=O) groups is 2. The van der Waals surface area contributed by atoms with Crippen LogP contribution in [-0.2, 0) is 16.0 Å². The molecule has 22 heavy (non-hydrogen) atoms. The van der Waals surface area contributed by atoms with Crippen LogP contribution in [0.5, 0.6) is 0 Å². The molecule has 1 aliphatic heterocycles. The van der Waals surface area contributed by atoms with Crippen LogP contribution in [0, 0.1) is 5.92 Å². The van der Waals surface area contributed by atoms with Gasteiger partial charge >= 0.3 is 0 Å². The van der Waals surface area contributed by atoms with E-state index in [1.807, 2.05) is 18.2 Å². The van der Waals surface area contributed by atoms with E-state index < -0.39 is 0 Å². The van der Waals surface area contributed by atoms with E-state index in [0.717, 1.165) is 25.1 Å². The second-order valence-electron chi connectivity index (χ2n) is 5.65. The predicted octanol–water partition coefficient (Wildman–Crippen LogP) is 0.198. The van der Waals surface area contributed by atoms with Gasteiger partial charge in [0.15, 0.2) is 0 Å². The van der Waals surface area contributed by atoms with Crippen molar-refractivity contribution in [2.24, 2.45) is 5.92 Å². The van der Waals surface area contributed by atoms with E-state index in [4.69, 9.17) is 0 Å². The predicted molar refractivity (Wildman–Crippen MR) is 84.2 cm³/mol. The fourth-order valence-electron chi connectivity index (χ4n) is 2.47. The number of rotatable bonds is 6. The lowest BCUT2D eigenvalue weighted by Crippen LogP contribution is -2.44. The van der Waals surface area contributed by atoms with Crippen LogP contribution in [0.25, 0.3) is 0 Å². The van der Waals surface area contributed by atoms with Crippen molar-refractivity contribution < 1.29 is 9.59 Å². The lowest BCUT2D eigenvalue weighted by molar-refractivity contribution is -0.133. The first kappa shape index (κ1) is 16.4. The van der Waals surface area contributed by atoms with Crippen LogP contribution < -0.4 is 10.6 Å². The Bertz CT molecular complexity index is 486. The van der Waals surface area contributed by atoms with Crippen LogP contribution in [0.1, 0.15) is 18.5 Å². The molecule has 2 N–H and O–H groups in total. The highest BCUT2D eigenvalue weighted by atomic mass is 16.2. The van der Waals surface area contributed by atoms with Crippen molar-refractivity contribution in [3.05, 3.63) is 30.1 Å². The molecule has 0 bridgehead atoms. The van der Waals surface area contributed by atoms with Gasteiger partial charge in [0.25, 0.3) is 0 Å². The summed E-state index contributed by atoms with van der Waals surface area (Å²) in [6.07, 6.45) is 4.36. The zero-order chi connectivity index (χ0) is 15.8. The van der Waals surface area contributed by atoms with E-state index in [1.165, 1.54) is 0 Å². The molecule has 0 aliphatic carbocycles. The normalized spacial score (nSPS) is 17.8. The minimum atomic E-state index is -0.0759. The molecule has 0 spiro atoms. The summed E-state index contributed by atoms with van der Waals surface area (Å²) in [5, 5.41) is 5.95. The summed E-state index contributed by atoms with van der Waals surface area (Å²) in [5.74, 6) is -0.118. The third-order valence-corrected chi connectivity index (χ3v) is 3.94. The molecule has 1 saturated heterocycles. The summed E-state index contributed by atoms with van der Waals surface area (Å²) in [7, 11) is 1.75. The zero-order valence-electron chi connectivity index (χ0n) is 13.0. The molecule has 1 atom stereocenters. The highest BCUT2D eigenvalue weighted by molar-refractivity contribution is 5.85. The molecule has 1 unspecified atom stereocenters. The van der Waals surface area contributed by atoms with Crippen LogP contribution >= 0.6 is 0 Å². The number of hydrogen-bond acceptors (Lipinski definition) is 4. The Morgan fingerprint density at radius 3 is 3.00 bits per heavy atom. The van der Waals surface area contributed by atoms with Gasteiger partial charge in [-0.3, -0.25) is 14.6 Å². The standard InChI is InChI=1S/C16H24N4O2/c1-20(10-7-14-6-2-3-9-18-14)15(21)12-19-16(22)13-5-4-8-17-11-13/h2-3,6,9,13,17H,4-5,7-8,10-12H2,1H3,(H,19,22). The summed E-state index contributed by atoms with van der Waals surface area (Å²) in [6, 6.07) is 5.74. The highest BCUT2D eigenvalue weighted by Gasteiger charge is 2.21. The van der Waals surface area contributed by atoms with Crippen molar-refractivity contribution in [2.45, 2.75) is 19.3 Å². The SMILES string of the molecule is CN(CCc1ccccn1)C(=O)CNC(=O)C1CCCNC1. The Balaban J connectivity index is 1.68. The number of likely N-dealkylation sites (N-methyl/N-ethyl adjacent to an activating group) is 1. The van der Waals surface area contributed by atoms with Crippen molar-refractivity contribution in [1.82, 2.24) is 20.5 Å². The molecule has 1 fully saturated rings. The molecule has 1 aromatic heterocycles. The van der Waals surface area contributed by atoms with Gasteiger partial charge in [-0.1, -0.05) is 6.07 Å². The minimum absolute atomic E-state index is 0.0135. The van der Waals surface area contributed by atoms with Crippen molar-refractivity contribution in [1.29, 1.82) is 0 Å². The Hall–Kier alpha value is -1.95. The maximum atomic E-state index is 12.0. The minimum Gasteiger partial charge on any atom is -0.347 e. The largest absolute Gasteiger partial charge is 0.347 e. The van der Waals surface area contributed by atoms with Crippen molar-refractivity contribution in [2.75, 3.05) is 33.2 Å². The maximum Gasteiger partial charge on any atom is 0.241 e. The van der Waals surface area contributed by atoms with Gasteiger partial charge in [0.2, 0.25) is 11.8 Å². The molecule has 6 heteroatoms. The van der Waals surface area contributed by atoms with E-state index in [-0.39, 0.29) is 24.3 Å². The van der Waals surface area contributed by atoms with Crippen LogP contribution in [0.15, 0.2) is 24.4 Å². The van der Waals surface area contributed by atoms with Gasteiger partial charge in [-0.2, -0.15) is 0 Å². The number of nitrogens with zero attached hydrogens (tertiary/aromatic N) is 2. The molecular formula is C16H24N4O2. The number of piperidine rings is 1. The zero-order valence-corrected chi connectivity index (χ0v) is 13.0. The summed E-state index contributed by atoms with van der Waals surface area (Å²) in [6.45, 7) is 2.33. The molecule has 0 radical (unpaired) electrons. The molecule has 2 amide bonds. The fourth-order valence-corrected chi connectivity index (χ4v) is 2.47. The van der Waals surface area contributed by atoms with Crippen LogP contribution in [0.2, 0.25) is 0 Å². The summed E-state index contributed by atoms with van der Waals surface area (Å²) in [4.78, 5) is 29.9. The molecule has 0 saturated carbocycles. The van der Waals surface area contributed by atoms with Gasteiger partial charge < -0.3 is 15.5 Å². The Morgan fingerprint density at radius 2 is 2.32 bits per heavy atom. The van der Waals surface area contributed by atoms with Gasteiger partial charge in [0.1, 0.15) is 0 Å². The van der Waals surface area contributed by atoms with Crippen LogP contribution in [-0.4, -0.2) is 54.9 Å². The Kier molecular flexibility index (Phi) is 6.33. The average Bonchev–Trinajstić information content (AvgIpc) is 2.58. The number of pyridine rings is 1. The first-order valence-electron chi connectivity index (χ1n) is 7.79. The quantitative estimate of drug-likeness (QED) is 0.787. The lowest BCUT2D eigenvalue weighted by Gasteiger charge is -2.22. The monoisotopic (exact) mass is 304 g/mol. The van der Waals surface area contributed by atoms with E-state index >= 15 is 0 Å². The summed E-state index contributed by atoms with van der Waals surface area (Å²) < 4.78 is 0. The van der Waals surface area contributed by atoms with Gasteiger partial charge in [0.05, 0.1) is 12.5 Å². The highest BCUT2D eigenvalue weighted by Crippen LogP contribution is 2.09. The fraction of sp³-hybridized carbons (Fsp3) is 0.562. The van der Waals surface area contributed by atoms with Crippen LogP contribution in [0.4, 0.5) is 0 Å². The van der Waals surface area contributed by atoms with E-state index in [2.05, 4.69) is 15.6 Å². The summed E-state index contributed by atoms with van der Waals surface area (Å²) >= 11 is 0. The number of hydrogen-bond donors (Lipinski definition) is 2. The van der Waals surface area contributed by atoms with Gasteiger partial charge in [-0.25, -0.2) is 0 Å². The number of amides is 2. The van der Waals surface area contributed by atoms with Crippen molar-refractivity contribution in [3.63, 3.8) is 0 Å². The van der Waals surface area contributed by atoms with Gasteiger partial charge in [0, 0.05) is 38.4 Å². The smallest absolute Gasteiger partial charge is 0.241 e. The third kappa shape index (κ3) is 5.11. The topological polar surface area (TPSA) is 74.3 Å². The second kappa shape index (κ2) is 8.48. The average molecular weight is 304 g/mol. The molecular weight excluding hydrogens is 280 g/mol. The maximum absolute atomic E-state index is 12.0. The second-order valence-corrected chi connectivity index (χ2v) is 5.65. The molecule has 0 aromatic carbocycles. The Labute approximate surface area is 131 Å². The molecule has 120 valence electrons. The van der Waals surface area contributed by atoms with E-state index in [9.17, 15) is 9.59 Å². The first-order chi connectivity index (χ1) is 10.7. The van der Waals surface area contributed by atoms with Gasteiger partial charge in [-0.15, -0.1) is 0 Å². The van der Waals surface area contributed by atoms with Crippen LogP contribution in [0.3, 0.4) is 0 Å². The van der Waals surface area contributed by atoms with E-state index in [0.29, 0.717) is 19.5 Å². The lowest BCUT2D eigenvalue weighted by atomic mass is 9.99. The summed E-state index contributed by atoms with van der Waals surface area (Å²) in [5.41, 5.74) is 0.958. The van der Waals surface area contributed by atoms with Crippen molar-refractivity contribution in [3.8, 4) is 0 Å². The number of aromatic nitrogens is 1. The number of nitrogens with one attached hydrogen (secondary N) is 2. The Morgan fingerprint density at radius 1 is 1.45 bits per heavy atom. The molecule has 1 aliphatic rings. The first-order valence-corrected chi connectivity index (χ1v) is 7.79. The molecule has 6 nitrogen and oxygen atoms in total. The van der Waals surface area contributed by atoms with Crippen molar-refractivity contribution >= 4 is 11.8 Å². The number of carbonyl (C=O) groups excluding carboxylic acids is 2. The molecule has 2 heterocycles. The van der Waals surface area contributed by atoms with E-state index in [1.54, 1.807) is 18.1 Å². The molecule has 1 aromatic rings.